The van der Waals surface area contributed by atoms with Crippen molar-refractivity contribution in [2.24, 2.45) is 0 Å². The average Bonchev–Trinajstić information content (AvgIpc) is 2.28. The number of hydrogen-bond donors (Lipinski definition) is 2. The maximum Gasteiger partial charge on any atom is 0.252 e. The highest BCUT2D eigenvalue weighted by Gasteiger charge is 2.08. The van der Waals surface area contributed by atoms with E-state index in [1.807, 2.05) is 25.1 Å². The fourth-order valence-electron chi connectivity index (χ4n) is 1.49. The van der Waals surface area contributed by atoms with Crippen molar-refractivity contribution in [3.63, 3.8) is 0 Å². The predicted molar refractivity (Wildman–Crippen MR) is 74.4 cm³/mol. The van der Waals surface area contributed by atoms with E-state index in [1.54, 1.807) is 0 Å². The number of carbonyl (C=O) groups is 1. The van der Waals surface area contributed by atoms with Gasteiger partial charge >= 0.3 is 0 Å². The Hall–Kier alpha value is -0.870. The second-order valence-corrected chi connectivity index (χ2v) is 4.80. The summed E-state index contributed by atoms with van der Waals surface area (Å²) >= 11 is 3.41. The largest absolute Gasteiger partial charge is 0.352 e. The summed E-state index contributed by atoms with van der Waals surface area (Å²) in [6.07, 6.45) is 0.947. The lowest BCUT2D eigenvalue weighted by atomic mass is 10.1. The Kier molecular flexibility index (Phi) is 6.22. The fourth-order valence-corrected chi connectivity index (χ4v) is 2.16. The Morgan fingerprint density at radius 3 is 2.76 bits per heavy atom. The molecule has 3 nitrogen and oxygen atoms in total. The normalized spacial score (nSPS) is 10.3. The molecule has 0 aliphatic rings. The summed E-state index contributed by atoms with van der Waals surface area (Å²) < 4.78 is 0.849. The predicted octanol–water partition coefficient (Wildman–Crippen LogP) is 2.49. The van der Waals surface area contributed by atoms with Gasteiger partial charge in [-0.2, -0.15) is 0 Å². The number of carbonyl (C=O) groups excluding carboxylic acids is 1. The van der Waals surface area contributed by atoms with Crippen molar-refractivity contribution in [2.45, 2.75) is 20.3 Å². The molecule has 1 rings (SSSR count). The molecule has 0 unspecified atom stereocenters. The molecule has 94 valence electrons. The molecule has 2 N–H and O–H groups in total. The third kappa shape index (κ3) is 4.88. The van der Waals surface area contributed by atoms with E-state index < -0.39 is 0 Å². The Morgan fingerprint density at radius 1 is 1.35 bits per heavy atom. The van der Waals surface area contributed by atoms with Crippen LogP contribution in [0, 0.1) is 6.92 Å². The first-order valence-electron chi connectivity index (χ1n) is 5.90. The minimum Gasteiger partial charge on any atom is -0.352 e. The lowest BCUT2D eigenvalue weighted by Crippen LogP contribution is -2.27. The quantitative estimate of drug-likeness (QED) is 0.792. The highest BCUT2D eigenvalue weighted by Crippen LogP contribution is 2.17. The van der Waals surface area contributed by atoms with Gasteiger partial charge in [-0.15, -0.1) is 0 Å². The van der Waals surface area contributed by atoms with Crippen LogP contribution in [0.3, 0.4) is 0 Å². The van der Waals surface area contributed by atoms with Crippen LogP contribution < -0.4 is 10.6 Å². The molecule has 0 atom stereocenters. The molecule has 1 aromatic rings. The van der Waals surface area contributed by atoms with Gasteiger partial charge in [-0.3, -0.25) is 4.79 Å². The molecule has 0 bridgehead atoms. The fraction of sp³-hybridized carbons (Fsp3) is 0.462. The first-order chi connectivity index (χ1) is 8.15. The Balaban J connectivity index is 2.42. The molecule has 0 fully saturated rings. The van der Waals surface area contributed by atoms with Crippen LogP contribution in [0.15, 0.2) is 22.7 Å². The summed E-state index contributed by atoms with van der Waals surface area (Å²) in [6.45, 7) is 6.68. The lowest BCUT2D eigenvalue weighted by Gasteiger charge is -2.07. The van der Waals surface area contributed by atoms with E-state index in [0.29, 0.717) is 12.1 Å². The first-order valence-corrected chi connectivity index (χ1v) is 6.69. The first kappa shape index (κ1) is 14.2. The van der Waals surface area contributed by atoms with E-state index in [2.05, 4.69) is 33.5 Å². The molecule has 0 radical (unpaired) electrons. The van der Waals surface area contributed by atoms with Gasteiger partial charge in [-0.25, -0.2) is 0 Å². The molecule has 4 heteroatoms. The van der Waals surface area contributed by atoms with Gasteiger partial charge in [0.1, 0.15) is 0 Å². The molecular weight excluding hydrogens is 280 g/mol. The van der Waals surface area contributed by atoms with E-state index >= 15 is 0 Å². The molecule has 1 aromatic carbocycles. The van der Waals surface area contributed by atoms with Crippen LogP contribution in [-0.2, 0) is 0 Å². The Bertz CT molecular complexity index is 380. The molecule has 0 spiro atoms. The maximum absolute atomic E-state index is 11.8. The SMILES string of the molecule is CCNCCCNC(=O)c1ccc(C)cc1Br. The lowest BCUT2D eigenvalue weighted by molar-refractivity contribution is 0.0952. The van der Waals surface area contributed by atoms with Crippen molar-refractivity contribution >= 4 is 21.8 Å². The minimum absolute atomic E-state index is 0.0200. The highest BCUT2D eigenvalue weighted by atomic mass is 79.9. The number of rotatable bonds is 6. The van der Waals surface area contributed by atoms with E-state index in [9.17, 15) is 4.79 Å². The van der Waals surface area contributed by atoms with Crippen LogP contribution in [0.2, 0.25) is 0 Å². The number of amides is 1. The zero-order valence-corrected chi connectivity index (χ0v) is 11.9. The van der Waals surface area contributed by atoms with Crippen LogP contribution in [-0.4, -0.2) is 25.5 Å². The second-order valence-electron chi connectivity index (χ2n) is 3.95. The van der Waals surface area contributed by atoms with Gasteiger partial charge in [-0.05, 0) is 60.1 Å². The second kappa shape index (κ2) is 7.45. The summed E-state index contributed by atoms with van der Waals surface area (Å²) in [5.41, 5.74) is 1.83. The van der Waals surface area contributed by atoms with Crippen molar-refractivity contribution in [3.05, 3.63) is 33.8 Å². The van der Waals surface area contributed by atoms with Gasteiger partial charge in [0.05, 0.1) is 5.56 Å². The summed E-state index contributed by atoms with van der Waals surface area (Å²) in [6, 6.07) is 5.74. The van der Waals surface area contributed by atoms with Crippen molar-refractivity contribution in [1.29, 1.82) is 0 Å². The van der Waals surface area contributed by atoms with Crippen LogP contribution >= 0.6 is 15.9 Å². The van der Waals surface area contributed by atoms with Crippen molar-refractivity contribution in [1.82, 2.24) is 10.6 Å². The number of aryl methyl sites for hydroxylation is 1. The van der Waals surface area contributed by atoms with Crippen LogP contribution in [0.1, 0.15) is 29.3 Å². The van der Waals surface area contributed by atoms with Crippen molar-refractivity contribution < 1.29 is 4.79 Å². The van der Waals surface area contributed by atoms with Gasteiger partial charge in [0.2, 0.25) is 0 Å². The van der Waals surface area contributed by atoms with Gasteiger partial charge < -0.3 is 10.6 Å². The molecule has 0 heterocycles. The molecule has 0 aromatic heterocycles. The zero-order valence-electron chi connectivity index (χ0n) is 10.3. The maximum atomic E-state index is 11.8. The molecule has 0 saturated carbocycles. The average molecular weight is 299 g/mol. The van der Waals surface area contributed by atoms with Gasteiger partial charge in [-0.1, -0.05) is 13.0 Å². The summed E-state index contributed by atoms with van der Waals surface area (Å²) in [7, 11) is 0. The van der Waals surface area contributed by atoms with Crippen molar-refractivity contribution in [2.75, 3.05) is 19.6 Å². The molecule has 0 aliphatic heterocycles. The van der Waals surface area contributed by atoms with E-state index in [1.165, 1.54) is 0 Å². The van der Waals surface area contributed by atoms with E-state index in [0.717, 1.165) is 29.5 Å². The molecule has 0 saturated heterocycles. The third-order valence-electron chi connectivity index (χ3n) is 2.44. The third-order valence-corrected chi connectivity index (χ3v) is 3.09. The zero-order chi connectivity index (χ0) is 12.7. The summed E-state index contributed by atoms with van der Waals surface area (Å²) in [5.74, 6) is -0.0200. The summed E-state index contributed by atoms with van der Waals surface area (Å²) in [4.78, 5) is 11.8. The van der Waals surface area contributed by atoms with E-state index in [4.69, 9.17) is 0 Å². The van der Waals surface area contributed by atoms with Crippen LogP contribution in [0.25, 0.3) is 0 Å². The monoisotopic (exact) mass is 298 g/mol. The minimum atomic E-state index is -0.0200. The van der Waals surface area contributed by atoms with Crippen LogP contribution in [0.4, 0.5) is 0 Å². The number of benzene rings is 1. The molecule has 17 heavy (non-hydrogen) atoms. The number of nitrogens with one attached hydrogen (secondary N) is 2. The van der Waals surface area contributed by atoms with Gasteiger partial charge in [0, 0.05) is 11.0 Å². The van der Waals surface area contributed by atoms with E-state index in [-0.39, 0.29) is 5.91 Å². The number of halogens is 1. The van der Waals surface area contributed by atoms with Crippen molar-refractivity contribution in [3.8, 4) is 0 Å². The smallest absolute Gasteiger partial charge is 0.252 e. The molecule has 1 amide bonds. The molecular formula is C13H19BrN2O. The topological polar surface area (TPSA) is 41.1 Å². The Labute approximate surface area is 111 Å². The number of hydrogen-bond acceptors (Lipinski definition) is 2. The van der Waals surface area contributed by atoms with Gasteiger partial charge in [0.15, 0.2) is 0 Å². The standard InChI is InChI=1S/C13H19BrN2O/c1-3-15-7-4-8-16-13(17)11-6-5-10(2)9-12(11)14/h5-6,9,15H,3-4,7-8H2,1-2H3,(H,16,17). The Morgan fingerprint density at radius 2 is 2.12 bits per heavy atom. The summed E-state index contributed by atoms with van der Waals surface area (Å²) in [5, 5.41) is 6.13. The highest BCUT2D eigenvalue weighted by molar-refractivity contribution is 9.10. The van der Waals surface area contributed by atoms with Crippen LogP contribution in [0.5, 0.6) is 0 Å². The van der Waals surface area contributed by atoms with Gasteiger partial charge in [0.25, 0.3) is 5.91 Å². The molecule has 0 aliphatic carbocycles.